The van der Waals surface area contributed by atoms with Gasteiger partial charge in [-0.2, -0.15) is 8.78 Å². The zero-order valence-electron chi connectivity index (χ0n) is 13.3. The zero-order valence-corrected chi connectivity index (χ0v) is 14.9. The molecule has 1 heterocycles. The minimum absolute atomic E-state index is 0.236. The molecule has 0 radical (unpaired) electrons. The summed E-state index contributed by atoms with van der Waals surface area (Å²) in [5, 5.41) is 8.09. The number of rotatable bonds is 6. The Bertz CT molecular complexity index is 988. The highest BCUT2D eigenvalue weighted by Gasteiger charge is 2.26. The smallest absolute Gasteiger partial charge is 0.341 e. The highest BCUT2D eigenvalue weighted by molar-refractivity contribution is 7.99. The van der Waals surface area contributed by atoms with Gasteiger partial charge in [0, 0.05) is 10.5 Å². The molecule has 10 heteroatoms. The largest absolute Gasteiger partial charge is 0.497 e. The van der Waals surface area contributed by atoms with Crippen LogP contribution in [0.3, 0.4) is 0 Å². The number of alkyl halides is 2. The van der Waals surface area contributed by atoms with Crippen molar-refractivity contribution in [2.24, 2.45) is 0 Å². The summed E-state index contributed by atoms with van der Waals surface area (Å²) in [6.45, 7) is 0. The second-order valence-electron chi connectivity index (χ2n) is 4.98. The first-order chi connectivity index (χ1) is 12.4. The summed E-state index contributed by atoms with van der Waals surface area (Å²) in [6, 6.07) is 12.1. The molecule has 1 aromatic heterocycles. The van der Waals surface area contributed by atoms with E-state index < -0.39 is 20.5 Å². The lowest BCUT2D eigenvalue weighted by molar-refractivity contribution is 0.234. The molecule has 0 N–H and O–H groups in total. The summed E-state index contributed by atoms with van der Waals surface area (Å²) in [7, 11) is -3.04. The van der Waals surface area contributed by atoms with Gasteiger partial charge >= 0.3 is 5.76 Å². The van der Waals surface area contributed by atoms with Crippen LogP contribution in [0.2, 0.25) is 0 Å². The SMILES string of the molecule is COc1ccc(-c2nnc(Sc3ccc(S(=O)(=O)C(F)F)cc3)o2)cc1. The Morgan fingerprint density at radius 3 is 2.27 bits per heavy atom. The van der Waals surface area contributed by atoms with Crippen LogP contribution in [-0.4, -0.2) is 31.5 Å². The van der Waals surface area contributed by atoms with Crippen molar-refractivity contribution in [1.82, 2.24) is 10.2 Å². The standard InChI is InChI=1S/C16H12F2N2O4S2/c1-23-11-4-2-10(3-5-11)14-19-20-16(24-14)25-12-6-8-13(9-7-12)26(21,22)15(17)18/h2-9,15H,1H3. The van der Waals surface area contributed by atoms with Crippen LogP contribution in [0, 0.1) is 0 Å². The minimum Gasteiger partial charge on any atom is -0.497 e. The van der Waals surface area contributed by atoms with Crippen molar-refractivity contribution in [3.05, 3.63) is 48.5 Å². The number of hydrogen-bond donors (Lipinski definition) is 0. The van der Waals surface area contributed by atoms with Gasteiger partial charge in [-0.3, -0.25) is 0 Å². The highest BCUT2D eigenvalue weighted by atomic mass is 32.2. The fraction of sp³-hybridized carbons (Fsp3) is 0.125. The number of nitrogens with zero attached hydrogens (tertiary/aromatic N) is 2. The van der Waals surface area contributed by atoms with E-state index in [-0.39, 0.29) is 5.22 Å². The van der Waals surface area contributed by atoms with Crippen LogP contribution in [-0.2, 0) is 9.84 Å². The maximum absolute atomic E-state index is 12.5. The van der Waals surface area contributed by atoms with Gasteiger partial charge in [-0.15, -0.1) is 10.2 Å². The molecular formula is C16H12F2N2O4S2. The molecule has 6 nitrogen and oxygen atoms in total. The normalized spacial score (nSPS) is 11.7. The molecule has 3 aromatic rings. The summed E-state index contributed by atoms with van der Waals surface area (Å²) in [4.78, 5) is 0.129. The Labute approximate surface area is 152 Å². The van der Waals surface area contributed by atoms with Gasteiger partial charge in [0.1, 0.15) is 5.75 Å². The quantitative estimate of drug-likeness (QED) is 0.623. The number of benzene rings is 2. The van der Waals surface area contributed by atoms with Crippen LogP contribution >= 0.6 is 11.8 Å². The molecule has 0 aliphatic heterocycles. The molecule has 2 aromatic carbocycles. The van der Waals surface area contributed by atoms with E-state index in [0.717, 1.165) is 23.9 Å². The minimum atomic E-state index is -4.61. The second-order valence-corrected chi connectivity index (χ2v) is 7.92. The summed E-state index contributed by atoms with van der Waals surface area (Å²) in [5.41, 5.74) is 0.712. The molecule has 0 unspecified atom stereocenters. The van der Waals surface area contributed by atoms with Crippen molar-refractivity contribution in [2.75, 3.05) is 7.11 Å². The number of aromatic nitrogens is 2. The molecule has 0 aliphatic carbocycles. The molecule has 0 bridgehead atoms. The van der Waals surface area contributed by atoms with Crippen molar-refractivity contribution in [2.45, 2.75) is 20.8 Å². The number of methoxy groups -OCH3 is 1. The molecule has 0 saturated carbocycles. The number of hydrogen-bond acceptors (Lipinski definition) is 7. The van der Waals surface area contributed by atoms with E-state index in [4.69, 9.17) is 9.15 Å². The highest BCUT2D eigenvalue weighted by Crippen LogP contribution is 2.30. The van der Waals surface area contributed by atoms with Crippen LogP contribution in [0.15, 0.2) is 68.0 Å². The molecule has 0 spiro atoms. The van der Waals surface area contributed by atoms with Gasteiger partial charge in [-0.1, -0.05) is 0 Å². The van der Waals surface area contributed by atoms with E-state index in [2.05, 4.69) is 10.2 Å². The van der Waals surface area contributed by atoms with E-state index in [1.165, 1.54) is 12.1 Å². The van der Waals surface area contributed by atoms with E-state index in [9.17, 15) is 17.2 Å². The molecule has 0 aliphatic rings. The van der Waals surface area contributed by atoms with Crippen molar-refractivity contribution in [3.63, 3.8) is 0 Å². The average molecular weight is 398 g/mol. The van der Waals surface area contributed by atoms with Crippen molar-refractivity contribution in [1.29, 1.82) is 0 Å². The molecule has 0 amide bonds. The van der Waals surface area contributed by atoms with Gasteiger partial charge in [0.25, 0.3) is 5.22 Å². The number of halogens is 2. The molecule has 0 saturated heterocycles. The Kier molecular flexibility index (Phi) is 5.23. The van der Waals surface area contributed by atoms with Crippen LogP contribution < -0.4 is 4.74 Å². The third-order valence-electron chi connectivity index (χ3n) is 3.34. The van der Waals surface area contributed by atoms with E-state index >= 15 is 0 Å². The van der Waals surface area contributed by atoms with Crippen LogP contribution in [0.5, 0.6) is 5.75 Å². The van der Waals surface area contributed by atoms with Crippen molar-refractivity contribution in [3.8, 4) is 17.2 Å². The average Bonchev–Trinajstić information content (AvgIpc) is 3.10. The van der Waals surface area contributed by atoms with Crippen molar-refractivity contribution < 1.29 is 26.4 Å². The van der Waals surface area contributed by atoms with Crippen molar-refractivity contribution >= 4 is 21.6 Å². The fourth-order valence-corrected chi connectivity index (χ4v) is 3.40. The molecule has 3 rings (SSSR count). The Balaban J connectivity index is 1.75. The van der Waals surface area contributed by atoms with E-state index in [1.54, 1.807) is 31.4 Å². The predicted molar refractivity (Wildman–Crippen MR) is 90.0 cm³/mol. The second kappa shape index (κ2) is 7.42. The summed E-state index contributed by atoms with van der Waals surface area (Å²) in [5.74, 6) is -2.45. The fourth-order valence-electron chi connectivity index (χ4n) is 2.00. The first-order valence-electron chi connectivity index (χ1n) is 7.18. The molecule has 26 heavy (non-hydrogen) atoms. The first kappa shape index (κ1) is 18.3. The van der Waals surface area contributed by atoms with E-state index in [1.807, 2.05) is 0 Å². The summed E-state index contributed by atoms with van der Waals surface area (Å²) >= 11 is 1.09. The molecule has 0 atom stereocenters. The van der Waals surface area contributed by atoms with Gasteiger partial charge in [-0.05, 0) is 60.3 Å². The summed E-state index contributed by atoms with van der Waals surface area (Å²) < 4.78 is 58.5. The third kappa shape index (κ3) is 3.86. The monoisotopic (exact) mass is 398 g/mol. The maximum Gasteiger partial charge on any atom is 0.341 e. The molecule has 136 valence electrons. The molecule has 0 fully saturated rings. The van der Waals surface area contributed by atoms with E-state index in [0.29, 0.717) is 22.1 Å². The Morgan fingerprint density at radius 1 is 1.04 bits per heavy atom. The Morgan fingerprint density at radius 2 is 1.69 bits per heavy atom. The topological polar surface area (TPSA) is 82.3 Å². The molecular weight excluding hydrogens is 386 g/mol. The lowest BCUT2D eigenvalue weighted by Crippen LogP contribution is -2.10. The predicted octanol–water partition coefficient (Wildman–Crippen LogP) is 3.89. The zero-order chi connectivity index (χ0) is 18.7. The van der Waals surface area contributed by atoms with Gasteiger partial charge in [0.05, 0.1) is 12.0 Å². The summed E-state index contributed by atoms with van der Waals surface area (Å²) in [6.07, 6.45) is 0. The maximum atomic E-state index is 12.5. The van der Waals surface area contributed by atoms with Crippen LogP contribution in [0.25, 0.3) is 11.5 Å². The number of ether oxygens (including phenoxy) is 1. The van der Waals surface area contributed by atoms with Crippen LogP contribution in [0.1, 0.15) is 0 Å². The van der Waals surface area contributed by atoms with Crippen LogP contribution in [0.4, 0.5) is 8.78 Å². The third-order valence-corrected chi connectivity index (χ3v) is 5.58. The van der Waals surface area contributed by atoms with Gasteiger partial charge in [-0.25, -0.2) is 8.42 Å². The first-order valence-corrected chi connectivity index (χ1v) is 9.54. The Hall–Kier alpha value is -2.46. The van der Waals surface area contributed by atoms with Gasteiger partial charge in [0.15, 0.2) is 0 Å². The lowest BCUT2D eigenvalue weighted by atomic mass is 10.2. The van der Waals surface area contributed by atoms with Gasteiger partial charge in [0.2, 0.25) is 15.7 Å². The lowest BCUT2D eigenvalue weighted by Gasteiger charge is -2.03. The number of sulfone groups is 1. The van der Waals surface area contributed by atoms with Gasteiger partial charge < -0.3 is 9.15 Å².